The summed E-state index contributed by atoms with van der Waals surface area (Å²) >= 11 is 0. The van der Waals surface area contributed by atoms with E-state index < -0.39 is 0 Å². The van der Waals surface area contributed by atoms with Crippen molar-refractivity contribution in [3.8, 4) is 11.5 Å². The minimum absolute atomic E-state index is 0.252. The Bertz CT molecular complexity index is 645. The minimum Gasteiger partial charge on any atom is -0.490 e. The molecule has 0 N–H and O–H groups in total. The van der Waals surface area contributed by atoms with Crippen LogP contribution in [-0.4, -0.2) is 37.2 Å². The zero-order valence-electron chi connectivity index (χ0n) is 15.7. The lowest BCUT2D eigenvalue weighted by Crippen LogP contribution is -2.29. The summed E-state index contributed by atoms with van der Waals surface area (Å²) in [7, 11) is 0. The zero-order chi connectivity index (χ0) is 17.8. The predicted octanol–water partition coefficient (Wildman–Crippen LogP) is 4.47. The van der Waals surface area contributed by atoms with E-state index in [-0.39, 0.29) is 5.60 Å². The van der Waals surface area contributed by atoms with Crippen LogP contribution in [0.15, 0.2) is 23.4 Å². The van der Waals surface area contributed by atoms with E-state index in [1.165, 1.54) is 12.8 Å². The number of benzene rings is 1. The fourth-order valence-electron chi connectivity index (χ4n) is 3.89. The van der Waals surface area contributed by atoms with Crippen molar-refractivity contribution in [2.75, 3.05) is 19.8 Å². The van der Waals surface area contributed by atoms with Gasteiger partial charge in [-0.05, 0) is 50.3 Å². The number of nitrogens with zero attached hydrogens (tertiary/aromatic N) is 1. The summed E-state index contributed by atoms with van der Waals surface area (Å²) in [6.07, 6.45) is 8.96. The third-order valence-electron chi connectivity index (χ3n) is 5.53. The first kappa shape index (κ1) is 17.7. The van der Waals surface area contributed by atoms with Crippen LogP contribution < -0.4 is 9.47 Å². The summed E-state index contributed by atoms with van der Waals surface area (Å²) in [6, 6.07) is 6.18. The van der Waals surface area contributed by atoms with Crippen LogP contribution in [0.4, 0.5) is 0 Å². The Morgan fingerprint density at radius 1 is 1.23 bits per heavy atom. The lowest BCUT2D eigenvalue weighted by Gasteiger charge is -2.18. The third-order valence-corrected chi connectivity index (χ3v) is 5.53. The van der Waals surface area contributed by atoms with Crippen molar-refractivity contribution >= 4 is 5.71 Å². The molecule has 1 saturated heterocycles. The van der Waals surface area contributed by atoms with Crippen LogP contribution in [0, 0.1) is 0 Å². The molecule has 0 bridgehead atoms. The van der Waals surface area contributed by atoms with E-state index in [2.05, 4.69) is 24.2 Å². The van der Waals surface area contributed by atoms with Crippen molar-refractivity contribution in [2.24, 2.45) is 5.16 Å². The highest BCUT2D eigenvalue weighted by atomic mass is 16.7. The number of hydrogen-bond acceptors (Lipinski definition) is 5. The molecule has 0 aromatic heterocycles. The van der Waals surface area contributed by atoms with Crippen molar-refractivity contribution in [2.45, 2.75) is 70.0 Å². The lowest BCUT2D eigenvalue weighted by atomic mass is 9.93. The number of hydrogen-bond donors (Lipinski definition) is 0. The quantitative estimate of drug-likeness (QED) is 0.674. The molecule has 1 aliphatic carbocycles. The van der Waals surface area contributed by atoms with E-state index in [4.69, 9.17) is 19.0 Å². The van der Waals surface area contributed by atoms with Crippen molar-refractivity contribution in [3.63, 3.8) is 0 Å². The molecule has 0 radical (unpaired) electrons. The second-order valence-electron chi connectivity index (χ2n) is 7.68. The van der Waals surface area contributed by atoms with Crippen LogP contribution >= 0.6 is 0 Å². The van der Waals surface area contributed by atoms with Crippen LogP contribution in [-0.2, 0) is 9.57 Å². The van der Waals surface area contributed by atoms with E-state index in [1.54, 1.807) is 0 Å². The largest absolute Gasteiger partial charge is 0.490 e. The zero-order valence-corrected chi connectivity index (χ0v) is 15.7. The van der Waals surface area contributed by atoms with E-state index >= 15 is 0 Å². The molecule has 1 atom stereocenters. The van der Waals surface area contributed by atoms with Crippen molar-refractivity contribution in [1.29, 1.82) is 0 Å². The molecule has 0 amide bonds. The number of rotatable bonds is 7. The summed E-state index contributed by atoms with van der Waals surface area (Å²) < 4.78 is 17.8. The summed E-state index contributed by atoms with van der Waals surface area (Å²) in [4.78, 5) is 5.74. The molecule has 1 aromatic rings. The maximum Gasteiger partial charge on any atom is 0.168 e. The normalized spacial score (nSPS) is 25.5. The molecule has 3 aliphatic rings. The average molecular weight is 359 g/mol. The summed E-state index contributed by atoms with van der Waals surface area (Å²) in [5.74, 6) is 1.68. The van der Waals surface area contributed by atoms with Gasteiger partial charge in [0.1, 0.15) is 0 Å². The molecular formula is C21H29NO4. The molecule has 5 heteroatoms. The van der Waals surface area contributed by atoms with Crippen LogP contribution in [0.2, 0.25) is 0 Å². The Balaban J connectivity index is 1.51. The maximum absolute atomic E-state index is 6.23. The number of unbranched alkanes of at least 4 members (excludes halogenated alkanes) is 1. The van der Waals surface area contributed by atoms with Crippen LogP contribution in [0.5, 0.6) is 11.5 Å². The Kier molecular flexibility index (Phi) is 5.34. The molecule has 2 aliphatic heterocycles. The SMILES string of the molecule is CCCCOc1cc(C2=NOC3(CCOC3)C2)ccc1OC1CCCC1. The van der Waals surface area contributed by atoms with Crippen molar-refractivity contribution in [3.05, 3.63) is 23.8 Å². The van der Waals surface area contributed by atoms with Crippen LogP contribution in [0.1, 0.15) is 63.9 Å². The molecule has 2 fully saturated rings. The second-order valence-corrected chi connectivity index (χ2v) is 7.68. The Morgan fingerprint density at radius 3 is 2.88 bits per heavy atom. The maximum atomic E-state index is 6.23. The Hall–Kier alpha value is -1.75. The third kappa shape index (κ3) is 3.83. The van der Waals surface area contributed by atoms with Gasteiger partial charge in [0.25, 0.3) is 0 Å². The molecule has 1 saturated carbocycles. The van der Waals surface area contributed by atoms with Crippen LogP contribution in [0.3, 0.4) is 0 Å². The van der Waals surface area contributed by atoms with Gasteiger partial charge in [0.05, 0.1) is 31.6 Å². The molecule has 26 heavy (non-hydrogen) atoms. The number of oxime groups is 1. The number of ether oxygens (including phenoxy) is 3. The molecule has 1 spiro atoms. The fourth-order valence-corrected chi connectivity index (χ4v) is 3.89. The topological polar surface area (TPSA) is 49.3 Å². The van der Waals surface area contributed by atoms with Gasteiger partial charge in [0.2, 0.25) is 0 Å². The van der Waals surface area contributed by atoms with Gasteiger partial charge >= 0.3 is 0 Å². The van der Waals surface area contributed by atoms with E-state index in [1.807, 2.05) is 6.07 Å². The lowest BCUT2D eigenvalue weighted by molar-refractivity contribution is -0.0237. The molecule has 5 nitrogen and oxygen atoms in total. The standard InChI is InChI=1S/C21H29NO4/c1-2-3-11-24-20-13-16(8-9-19(20)25-17-6-4-5-7-17)18-14-21(26-22-18)10-12-23-15-21/h8-9,13,17H,2-7,10-12,14-15H2,1H3. The average Bonchev–Trinajstić information content (AvgIpc) is 3.41. The van der Waals surface area contributed by atoms with Gasteiger partial charge in [-0.15, -0.1) is 0 Å². The van der Waals surface area contributed by atoms with Crippen LogP contribution in [0.25, 0.3) is 0 Å². The van der Waals surface area contributed by atoms with Crippen molar-refractivity contribution in [1.82, 2.24) is 0 Å². The van der Waals surface area contributed by atoms with Gasteiger partial charge in [-0.3, -0.25) is 0 Å². The first-order valence-corrected chi connectivity index (χ1v) is 10.0. The fraction of sp³-hybridized carbons (Fsp3) is 0.667. The predicted molar refractivity (Wildman–Crippen MR) is 100 cm³/mol. The van der Waals surface area contributed by atoms with Crippen molar-refractivity contribution < 1.29 is 19.0 Å². The van der Waals surface area contributed by atoms with E-state index in [0.717, 1.165) is 67.9 Å². The van der Waals surface area contributed by atoms with Gasteiger partial charge in [-0.25, -0.2) is 0 Å². The molecular weight excluding hydrogens is 330 g/mol. The molecule has 142 valence electrons. The summed E-state index contributed by atoms with van der Waals surface area (Å²) in [6.45, 7) is 4.26. The Morgan fingerprint density at radius 2 is 2.12 bits per heavy atom. The first-order valence-electron chi connectivity index (χ1n) is 10.0. The molecule has 4 rings (SSSR count). The monoisotopic (exact) mass is 359 g/mol. The van der Waals surface area contributed by atoms with Gasteiger partial charge in [-0.1, -0.05) is 18.5 Å². The molecule has 1 unspecified atom stereocenters. The van der Waals surface area contributed by atoms with E-state index in [0.29, 0.717) is 19.3 Å². The molecule has 2 heterocycles. The molecule has 1 aromatic carbocycles. The van der Waals surface area contributed by atoms with Gasteiger partial charge < -0.3 is 19.0 Å². The first-order chi connectivity index (χ1) is 12.8. The second kappa shape index (κ2) is 7.87. The summed E-state index contributed by atoms with van der Waals surface area (Å²) in [5.41, 5.74) is 1.78. The van der Waals surface area contributed by atoms with E-state index in [9.17, 15) is 0 Å². The minimum atomic E-state index is -0.252. The highest BCUT2D eigenvalue weighted by molar-refractivity contribution is 6.02. The van der Waals surface area contributed by atoms with Gasteiger partial charge in [-0.2, -0.15) is 0 Å². The highest BCUT2D eigenvalue weighted by Crippen LogP contribution is 2.37. The smallest absolute Gasteiger partial charge is 0.168 e. The Labute approximate surface area is 155 Å². The van der Waals surface area contributed by atoms with Gasteiger partial charge in [0.15, 0.2) is 17.1 Å². The highest BCUT2D eigenvalue weighted by Gasteiger charge is 2.43. The summed E-state index contributed by atoms with van der Waals surface area (Å²) in [5, 5.41) is 4.35. The van der Waals surface area contributed by atoms with Gasteiger partial charge in [0, 0.05) is 18.4 Å².